The van der Waals surface area contributed by atoms with Crippen LogP contribution in [0.1, 0.15) is 17.4 Å². The first kappa shape index (κ1) is 13.5. The molecule has 0 saturated heterocycles. The van der Waals surface area contributed by atoms with Crippen molar-refractivity contribution in [2.45, 2.75) is 13.5 Å². The average molecular weight is 272 g/mol. The van der Waals surface area contributed by atoms with E-state index in [1.807, 2.05) is 41.5 Å². The van der Waals surface area contributed by atoms with E-state index in [1.165, 1.54) is 4.88 Å². The molecule has 2 heterocycles. The van der Waals surface area contributed by atoms with Gasteiger partial charge in [-0.15, -0.1) is 11.3 Å². The Kier molecular flexibility index (Phi) is 4.86. The van der Waals surface area contributed by atoms with Gasteiger partial charge in [-0.25, -0.2) is 0 Å². The summed E-state index contributed by atoms with van der Waals surface area (Å²) in [5, 5.41) is 2.03. The second-order valence-corrected chi connectivity index (χ2v) is 5.08. The molecule has 0 bridgehead atoms. The Morgan fingerprint density at radius 3 is 2.95 bits per heavy atom. The first-order valence-corrected chi connectivity index (χ1v) is 7.07. The summed E-state index contributed by atoms with van der Waals surface area (Å²) in [6, 6.07) is 7.83. The fourth-order valence-electron chi connectivity index (χ4n) is 1.68. The predicted molar refractivity (Wildman–Crippen MR) is 78.7 cm³/mol. The molecule has 0 aromatic carbocycles. The van der Waals surface area contributed by atoms with E-state index >= 15 is 0 Å². The normalized spacial score (nSPS) is 10.8. The van der Waals surface area contributed by atoms with Gasteiger partial charge < -0.3 is 4.90 Å². The highest BCUT2D eigenvalue weighted by Crippen LogP contribution is 2.12. The highest BCUT2D eigenvalue weighted by molar-refractivity contribution is 7.09. The third-order valence-electron chi connectivity index (χ3n) is 2.72. The van der Waals surface area contributed by atoms with Crippen LogP contribution in [-0.2, 0) is 11.3 Å². The van der Waals surface area contributed by atoms with Crippen molar-refractivity contribution in [3.8, 4) is 0 Å². The average Bonchev–Trinajstić information content (AvgIpc) is 2.96. The molecule has 1 amide bonds. The SMILES string of the molecule is CCN(Cc1cccs1)C(=O)C=Cc1cccnc1. The van der Waals surface area contributed by atoms with Crippen LogP contribution in [0.5, 0.6) is 0 Å². The molecule has 3 nitrogen and oxygen atoms in total. The van der Waals surface area contributed by atoms with Crippen molar-refractivity contribution in [1.29, 1.82) is 0 Å². The van der Waals surface area contributed by atoms with E-state index in [0.29, 0.717) is 13.1 Å². The van der Waals surface area contributed by atoms with Crippen LogP contribution in [0.4, 0.5) is 0 Å². The van der Waals surface area contributed by atoms with Crippen molar-refractivity contribution >= 4 is 23.3 Å². The maximum atomic E-state index is 12.1. The minimum absolute atomic E-state index is 0.0275. The maximum absolute atomic E-state index is 12.1. The summed E-state index contributed by atoms with van der Waals surface area (Å²) in [5.41, 5.74) is 0.933. The Labute approximate surface area is 117 Å². The second-order valence-electron chi connectivity index (χ2n) is 4.05. The molecule has 0 N–H and O–H groups in total. The number of thiophene rings is 1. The van der Waals surface area contributed by atoms with E-state index in [1.54, 1.807) is 35.9 Å². The molecule has 0 spiro atoms. The number of carbonyl (C=O) groups is 1. The van der Waals surface area contributed by atoms with Crippen molar-refractivity contribution in [2.24, 2.45) is 0 Å². The Morgan fingerprint density at radius 1 is 1.42 bits per heavy atom. The molecule has 2 aromatic heterocycles. The first-order chi connectivity index (χ1) is 9.29. The van der Waals surface area contributed by atoms with Crippen LogP contribution in [0.2, 0.25) is 0 Å². The quantitative estimate of drug-likeness (QED) is 0.783. The molecule has 0 fully saturated rings. The Balaban J connectivity index is 1.99. The van der Waals surface area contributed by atoms with E-state index < -0.39 is 0 Å². The molecule has 0 unspecified atom stereocenters. The van der Waals surface area contributed by atoms with Gasteiger partial charge in [0.2, 0.25) is 5.91 Å². The van der Waals surface area contributed by atoms with Crippen LogP contribution in [0.3, 0.4) is 0 Å². The topological polar surface area (TPSA) is 33.2 Å². The molecule has 19 heavy (non-hydrogen) atoms. The zero-order valence-electron chi connectivity index (χ0n) is 10.8. The van der Waals surface area contributed by atoms with Crippen molar-refractivity contribution in [2.75, 3.05) is 6.54 Å². The molecule has 0 atom stereocenters. The van der Waals surface area contributed by atoms with Gasteiger partial charge in [0.25, 0.3) is 0 Å². The minimum Gasteiger partial charge on any atom is -0.334 e. The fraction of sp³-hybridized carbons (Fsp3) is 0.200. The lowest BCUT2D eigenvalue weighted by Gasteiger charge is -2.18. The van der Waals surface area contributed by atoms with Crippen LogP contribution in [0.25, 0.3) is 6.08 Å². The Morgan fingerprint density at radius 2 is 2.32 bits per heavy atom. The summed E-state index contributed by atoms with van der Waals surface area (Å²) in [6.45, 7) is 3.36. The van der Waals surface area contributed by atoms with Crippen LogP contribution >= 0.6 is 11.3 Å². The number of hydrogen-bond acceptors (Lipinski definition) is 3. The molecule has 2 rings (SSSR count). The molecule has 0 radical (unpaired) electrons. The van der Waals surface area contributed by atoms with Crippen molar-refractivity contribution in [1.82, 2.24) is 9.88 Å². The van der Waals surface area contributed by atoms with Crippen LogP contribution in [-0.4, -0.2) is 22.3 Å². The van der Waals surface area contributed by atoms with Crippen LogP contribution in [0.15, 0.2) is 48.1 Å². The zero-order chi connectivity index (χ0) is 13.5. The van der Waals surface area contributed by atoms with Gasteiger partial charge in [0.1, 0.15) is 0 Å². The summed E-state index contributed by atoms with van der Waals surface area (Å²) < 4.78 is 0. The van der Waals surface area contributed by atoms with Gasteiger partial charge in [0.15, 0.2) is 0 Å². The van der Waals surface area contributed by atoms with Crippen LogP contribution in [0, 0.1) is 0 Å². The van der Waals surface area contributed by atoms with E-state index in [2.05, 4.69) is 4.98 Å². The van der Waals surface area contributed by atoms with Crippen molar-refractivity contribution in [3.63, 3.8) is 0 Å². The first-order valence-electron chi connectivity index (χ1n) is 6.19. The maximum Gasteiger partial charge on any atom is 0.246 e. The van der Waals surface area contributed by atoms with E-state index in [9.17, 15) is 4.79 Å². The largest absolute Gasteiger partial charge is 0.334 e. The molecular weight excluding hydrogens is 256 g/mol. The van der Waals surface area contributed by atoms with E-state index in [0.717, 1.165) is 5.56 Å². The summed E-state index contributed by atoms with van der Waals surface area (Å²) in [5.74, 6) is 0.0275. The third kappa shape index (κ3) is 4.03. The predicted octanol–water partition coefficient (Wildman–Crippen LogP) is 3.21. The lowest BCUT2D eigenvalue weighted by molar-refractivity contribution is -0.126. The van der Waals surface area contributed by atoms with Gasteiger partial charge in [0, 0.05) is 29.9 Å². The molecule has 2 aromatic rings. The highest BCUT2D eigenvalue weighted by Gasteiger charge is 2.09. The Hall–Kier alpha value is -1.94. The molecule has 0 aliphatic heterocycles. The monoisotopic (exact) mass is 272 g/mol. The number of rotatable bonds is 5. The molecule has 4 heteroatoms. The molecule has 0 aliphatic rings. The number of carbonyl (C=O) groups excluding carboxylic acids is 1. The van der Waals surface area contributed by atoms with Gasteiger partial charge in [-0.2, -0.15) is 0 Å². The summed E-state index contributed by atoms with van der Waals surface area (Å²) >= 11 is 1.67. The van der Waals surface area contributed by atoms with E-state index in [-0.39, 0.29) is 5.91 Å². The molecule has 0 saturated carbocycles. The summed E-state index contributed by atoms with van der Waals surface area (Å²) in [6.07, 6.45) is 6.86. The van der Waals surface area contributed by atoms with Gasteiger partial charge in [-0.1, -0.05) is 12.1 Å². The van der Waals surface area contributed by atoms with Gasteiger partial charge >= 0.3 is 0 Å². The standard InChI is InChI=1S/C15H16N2OS/c1-2-17(12-14-6-4-10-19-14)15(18)8-7-13-5-3-9-16-11-13/h3-11H,2,12H2,1H3. The summed E-state index contributed by atoms with van der Waals surface area (Å²) in [7, 11) is 0. The number of pyridine rings is 1. The highest BCUT2D eigenvalue weighted by atomic mass is 32.1. The number of amides is 1. The minimum atomic E-state index is 0.0275. The third-order valence-corrected chi connectivity index (χ3v) is 3.58. The number of nitrogens with zero attached hydrogens (tertiary/aromatic N) is 2. The molecule has 0 aliphatic carbocycles. The molecule has 98 valence electrons. The Bertz CT molecular complexity index is 535. The zero-order valence-corrected chi connectivity index (χ0v) is 11.6. The lowest BCUT2D eigenvalue weighted by atomic mass is 10.2. The number of likely N-dealkylation sites (N-methyl/N-ethyl adjacent to an activating group) is 1. The van der Waals surface area contributed by atoms with Crippen LogP contribution < -0.4 is 0 Å². The smallest absolute Gasteiger partial charge is 0.246 e. The van der Waals surface area contributed by atoms with Gasteiger partial charge in [-0.3, -0.25) is 9.78 Å². The van der Waals surface area contributed by atoms with E-state index in [4.69, 9.17) is 0 Å². The van der Waals surface area contributed by atoms with Gasteiger partial charge in [0.05, 0.1) is 6.54 Å². The molecular formula is C15H16N2OS. The van der Waals surface area contributed by atoms with Crippen molar-refractivity contribution in [3.05, 3.63) is 58.6 Å². The number of hydrogen-bond donors (Lipinski definition) is 0. The second kappa shape index (κ2) is 6.85. The number of aromatic nitrogens is 1. The van der Waals surface area contributed by atoms with Gasteiger partial charge in [-0.05, 0) is 36.1 Å². The summed E-state index contributed by atoms with van der Waals surface area (Å²) in [4.78, 5) is 19.1. The lowest BCUT2D eigenvalue weighted by Crippen LogP contribution is -2.28. The fourth-order valence-corrected chi connectivity index (χ4v) is 2.40. The van der Waals surface area contributed by atoms with Crippen molar-refractivity contribution < 1.29 is 4.79 Å².